The molecule has 0 atom stereocenters. The molecule has 9 nitrogen and oxygen atoms in total. The summed E-state index contributed by atoms with van der Waals surface area (Å²) in [6.07, 6.45) is -2.67. The number of halogens is 4. The molecule has 0 fully saturated rings. The minimum Gasteiger partial charge on any atom is -0.383 e. The van der Waals surface area contributed by atoms with Gasteiger partial charge in [0.25, 0.3) is 5.91 Å². The zero-order valence-electron chi connectivity index (χ0n) is 21.7. The highest BCUT2D eigenvalue weighted by Gasteiger charge is 2.41. The number of nitrogen functional groups attached to an aromatic ring is 1. The minimum absolute atomic E-state index is 0.0723. The molecule has 0 aliphatic rings. The molecule has 0 unspecified atom stereocenters. The topological polar surface area (TPSA) is 117 Å². The molecule has 0 aliphatic heterocycles. The predicted octanol–water partition coefficient (Wildman–Crippen LogP) is 5.41. The van der Waals surface area contributed by atoms with Crippen LogP contribution in [-0.2, 0) is 11.7 Å². The maximum absolute atomic E-state index is 14.1. The number of benzene rings is 2. The lowest BCUT2D eigenvalue weighted by Crippen LogP contribution is -2.42. The van der Waals surface area contributed by atoms with E-state index in [-0.39, 0.29) is 23.1 Å². The number of hydrogen-bond acceptors (Lipinski definition) is 6. The minimum atomic E-state index is -4.86. The van der Waals surface area contributed by atoms with Crippen molar-refractivity contribution in [3.05, 3.63) is 82.9 Å². The smallest absolute Gasteiger partial charge is 0.383 e. The molecule has 3 aromatic heterocycles. The van der Waals surface area contributed by atoms with Gasteiger partial charge in [0.1, 0.15) is 17.8 Å². The first kappa shape index (κ1) is 27.1. The number of aromatic nitrogens is 6. The highest BCUT2D eigenvalue weighted by atomic mass is 35.5. The predicted molar refractivity (Wildman–Crippen MR) is 145 cm³/mol. The molecule has 1 amide bonds. The van der Waals surface area contributed by atoms with E-state index in [1.807, 2.05) is 31.2 Å². The van der Waals surface area contributed by atoms with E-state index < -0.39 is 28.9 Å². The van der Waals surface area contributed by atoms with Crippen LogP contribution in [0.25, 0.3) is 28.0 Å². The van der Waals surface area contributed by atoms with Crippen molar-refractivity contribution in [2.24, 2.45) is 0 Å². The van der Waals surface area contributed by atoms with E-state index in [0.29, 0.717) is 21.4 Å². The molecule has 0 radical (unpaired) electrons. The fourth-order valence-corrected chi connectivity index (χ4v) is 4.55. The molecule has 0 saturated heterocycles. The first-order valence-corrected chi connectivity index (χ1v) is 12.5. The maximum Gasteiger partial charge on any atom is 0.434 e. The first-order chi connectivity index (χ1) is 18.9. The van der Waals surface area contributed by atoms with Gasteiger partial charge in [-0.15, -0.1) is 0 Å². The zero-order chi connectivity index (χ0) is 28.8. The molecule has 2 aromatic carbocycles. The molecule has 0 aliphatic carbocycles. The second-order valence-corrected chi connectivity index (χ2v) is 10.3. The van der Waals surface area contributed by atoms with Crippen LogP contribution in [0.15, 0.2) is 61.1 Å². The number of rotatable bonds is 6. The van der Waals surface area contributed by atoms with Gasteiger partial charge < -0.3 is 11.1 Å². The van der Waals surface area contributed by atoms with E-state index in [1.54, 1.807) is 18.5 Å². The third kappa shape index (κ3) is 4.97. The second-order valence-electron chi connectivity index (χ2n) is 9.88. The number of carbonyl (C=O) groups is 1. The van der Waals surface area contributed by atoms with Gasteiger partial charge in [-0.3, -0.25) is 4.79 Å². The van der Waals surface area contributed by atoms with Crippen molar-refractivity contribution in [3.63, 3.8) is 0 Å². The summed E-state index contributed by atoms with van der Waals surface area (Å²) >= 11 is 5.96. The van der Waals surface area contributed by atoms with E-state index in [9.17, 15) is 18.0 Å². The van der Waals surface area contributed by atoms with Gasteiger partial charge in [-0.25, -0.2) is 19.3 Å². The van der Waals surface area contributed by atoms with E-state index in [2.05, 4.69) is 20.4 Å². The Labute approximate surface area is 231 Å². The van der Waals surface area contributed by atoms with Crippen LogP contribution < -0.4 is 11.1 Å². The molecule has 3 heterocycles. The lowest BCUT2D eigenvalue weighted by Gasteiger charge is -2.26. The number of carbonyl (C=O) groups excluding carboxylic acids is 1. The van der Waals surface area contributed by atoms with E-state index in [4.69, 9.17) is 22.4 Å². The highest BCUT2D eigenvalue weighted by molar-refractivity contribution is 6.30. The molecule has 13 heteroatoms. The van der Waals surface area contributed by atoms with Crippen LogP contribution in [0.1, 0.15) is 35.5 Å². The summed E-state index contributed by atoms with van der Waals surface area (Å²) in [5.41, 5.74) is 6.33. The monoisotopic (exact) mass is 568 g/mol. The summed E-state index contributed by atoms with van der Waals surface area (Å²) in [5.74, 6) is -0.715. The van der Waals surface area contributed by atoms with Gasteiger partial charge in [-0.2, -0.15) is 23.4 Å². The molecule has 5 rings (SSSR count). The molecular weight excluding hydrogens is 545 g/mol. The first-order valence-electron chi connectivity index (χ1n) is 12.1. The normalized spacial score (nSPS) is 12.2. The molecular formula is C27H24ClF3N8O. The van der Waals surface area contributed by atoms with Crippen LogP contribution in [0.3, 0.4) is 0 Å². The summed E-state index contributed by atoms with van der Waals surface area (Å²) < 4.78 is 44.6. The SMILES string of the molecule is Cc1ccc(-c2nn(C(C)(C)CNC(=O)c3cnn(-c4cccc(Cl)c4)c3C(F)(F)F)c3ncnc(N)c23)cc1. The van der Waals surface area contributed by atoms with Crippen LogP contribution in [-0.4, -0.2) is 42.0 Å². The van der Waals surface area contributed by atoms with Gasteiger partial charge in [-0.05, 0) is 39.0 Å². The quantitative estimate of drug-likeness (QED) is 0.283. The number of anilines is 1. The van der Waals surface area contributed by atoms with Gasteiger partial charge in [0.05, 0.1) is 28.4 Å². The number of hydrogen-bond donors (Lipinski definition) is 2. The Kier molecular flexibility index (Phi) is 6.74. The van der Waals surface area contributed by atoms with Gasteiger partial charge in [0.2, 0.25) is 0 Å². The average molecular weight is 569 g/mol. The van der Waals surface area contributed by atoms with Crippen molar-refractivity contribution < 1.29 is 18.0 Å². The molecule has 0 bridgehead atoms. The van der Waals surface area contributed by atoms with Crippen molar-refractivity contribution in [1.29, 1.82) is 0 Å². The number of aryl methyl sites for hydroxylation is 1. The molecule has 0 saturated carbocycles. The fraction of sp³-hybridized carbons (Fsp3) is 0.222. The van der Waals surface area contributed by atoms with Crippen LogP contribution >= 0.6 is 11.6 Å². The Morgan fingerprint density at radius 3 is 2.50 bits per heavy atom. The summed E-state index contributed by atoms with van der Waals surface area (Å²) in [6, 6.07) is 13.5. The molecule has 5 aromatic rings. The van der Waals surface area contributed by atoms with Crippen molar-refractivity contribution >= 4 is 34.4 Å². The van der Waals surface area contributed by atoms with E-state index in [0.717, 1.165) is 17.3 Å². The van der Waals surface area contributed by atoms with Gasteiger partial charge in [0, 0.05) is 17.1 Å². The van der Waals surface area contributed by atoms with Gasteiger partial charge in [0.15, 0.2) is 11.3 Å². The Morgan fingerprint density at radius 1 is 1.10 bits per heavy atom. The van der Waals surface area contributed by atoms with Gasteiger partial charge >= 0.3 is 6.18 Å². The Hall–Kier alpha value is -4.45. The van der Waals surface area contributed by atoms with Crippen LogP contribution in [0.2, 0.25) is 5.02 Å². The number of alkyl halides is 3. The van der Waals surface area contributed by atoms with E-state index >= 15 is 0 Å². The van der Waals surface area contributed by atoms with Gasteiger partial charge in [-0.1, -0.05) is 47.5 Å². The number of amides is 1. The Bertz CT molecular complexity index is 1720. The van der Waals surface area contributed by atoms with E-state index in [1.165, 1.54) is 30.6 Å². The Balaban J connectivity index is 1.48. The molecule has 3 N–H and O–H groups in total. The number of fused-ring (bicyclic) bond motifs is 1. The van der Waals surface area contributed by atoms with Crippen molar-refractivity contribution in [2.75, 3.05) is 12.3 Å². The number of nitrogens with one attached hydrogen (secondary N) is 1. The standard InChI is InChI=1S/C27H24ClF3N8O/c1-15-7-9-16(10-8-15)21-20-23(32)34-14-35-24(20)39(37-21)26(2,3)13-33-25(40)19-12-36-38(22(19)27(29,30)31)18-6-4-5-17(28)11-18/h4-12,14H,13H2,1-3H3,(H,33,40)(H2,32,34,35). The molecule has 206 valence electrons. The Morgan fingerprint density at radius 2 is 1.82 bits per heavy atom. The van der Waals surface area contributed by atoms with Crippen LogP contribution in [0.5, 0.6) is 0 Å². The maximum atomic E-state index is 14.1. The highest BCUT2D eigenvalue weighted by Crippen LogP contribution is 2.35. The van der Waals surface area contributed by atoms with Crippen LogP contribution in [0, 0.1) is 6.92 Å². The molecule has 0 spiro atoms. The summed E-state index contributed by atoms with van der Waals surface area (Å²) in [7, 11) is 0. The summed E-state index contributed by atoms with van der Waals surface area (Å²) in [6.45, 7) is 5.43. The number of nitrogens with two attached hydrogens (primary N) is 1. The fourth-order valence-electron chi connectivity index (χ4n) is 4.37. The summed E-state index contributed by atoms with van der Waals surface area (Å²) in [4.78, 5) is 21.6. The number of nitrogens with zero attached hydrogens (tertiary/aromatic N) is 6. The third-order valence-electron chi connectivity index (χ3n) is 6.41. The largest absolute Gasteiger partial charge is 0.434 e. The molecule has 40 heavy (non-hydrogen) atoms. The lowest BCUT2D eigenvalue weighted by molar-refractivity contribution is -0.143. The summed E-state index contributed by atoms with van der Waals surface area (Å²) in [5, 5.41) is 12.0. The van der Waals surface area contributed by atoms with Crippen molar-refractivity contribution in [2.45, 2.75) is 32.5 Å². The lowest BCUT2D eigenvalue weighted by atomic mass is 10.1. The van der Waals surface area contributed by atoms with Crippen molar-refractivity contribution in [3.8, 4) is 16.9 Å². The van der Waals surface area contributed by atoms with Crippen LogP contribution in [0.4, 0.5) is 19.0 Å². The third-order valence-corrected chi connectivity index (χ3v) is 6.64. The average Bonchev–Trinajstić information content (AvgIpc) is 3.52. The van der Waals surface area contributed by atoms with Crippen molar-refractivity contribution in [1.82, 2.24) is 34.8 Å². The second kappa shape index (κ2) is 9.94. The zero-order valence-corrected chi connectivity index (χ0v) is 22.4.